The zero-order valence-corrected chi connectivity index (χ0v) is 10.8. The Labute approximate surface area is 109 Å². The minimum absolute atomic E-state index is 0.321. The lowest BCUT2D eigenvalue weighted by Gasteiger charge is -2.18. The summed E-state index contributed by atoms with van der Waals surface area (Å²) in [5.41, 5.74) is -0.859. The van der Waals surface area contributed by atoms with E-state index < -0.39 is 17.5 Å². The van der Waals surface area contributed by atoms with Crippen LogP contribution in [-0.2, 0) is 4.79 Å². The first-order valence-corrected chi connectivity index (χ1v) is 5.61. The lowest BCUT2D eigenvalue weighted by Crippen LogP contribution is -2.46. The van der Waals surface area contributed by atoms with Crippen molar-refractivity contribution in [2.24, 2.45) is 0 Å². The van der Waals surface area contributed by atoms with Gasteiger partial charge in [0, 0.05) is 10.6 Å². The summed E-state index contributed by atoms with van der Waals surface area (Å²) < 4.78 is 0. The average molecular weight is 272 g/mol. The molecule has 5 nitrogen and oxygen atoms in total. The van der Waals surface area contributed by atoms with Gasteiger partial charge in [-0.1, -0.05) is 11.6 Å². The normalized spacial score (nSPS) is 13.8. The standard InChI is InChI=1S/C12H14ClNO4/c1-7-3-8(5-9(13)4-7)10(15)14-6-12(2,18)11(16)17/h3-5,18H,6H2,1-2H3,(H,14,15)(H,16,17). The van der Waals surface area contributed by atoms with Crippen LogP contribution in [0, 0.1) is 6.92 Å². The second-order valence-electron chi connectivity index (χ2n) is 4.28. The fourth-order valence-corrected chi connectivity index (χ4v) is 1.59. The number of carbonyl (C=O) groups is 2. The van der Waals surface area contributed by atoms with E-state index in [1.165, 1.54) is 6.07 Å². The molecule has 1 aromatic rings. The van der Waals surface area contributed by atoms with E-state index in [0.717, 1.165) is 12.5 Å². The molecule has 0 spiro atoms. The van der Waals surface area contributed by atoms with Crippen molar-refractivity contribution < 1.29 is 19.8 Å². The number of carboxylic acids is 1. The number of benzene rings is 1. The van der Waals surface area contributed by atoms with E-state index >= 15 is 0 Å². The van der Waals surface area contributed by atoms with Crippen LogP contribution in [0.3, 0.4) is 0 Å². The minimum atomic E-state index is -2.00. The van der Waals surface area contributed by atoms with Gasteiger partial charge in [0.05, 0.1) is 6.54 Å². The number of aliphatic carboxylic acids is 1. The van der Waals surface area contributed by atoms with Crippen molar-refractivity contribution in [3.8, 4) is 0 Å². The molecule has 1 amide bonds. The molecule has 0 radical (unpaired) electrons. The van der Waals surface area contributed by atoms with Crippen LogP contribution in [0.4, 0.5) is 0 Å². The Morgan fingerprint density at radius 3 is 2.50 bits per heavy atom. The number of halogens is 1. The predicted molar refractivity (Wildman–Crippen MR) is 66.8 cm³/mol. The maximum absolute atomic E-state index is 11.7. The largest absolute Gasteiger partial charge is 0.479 e. The number of amides is 1. The number of carboxylic acid groups (broad SMARTS) is 1. The van der Waals surface area contributed by atoms with Crippen molar-refractivity contribution in [2.45, 2.75) is 19.4 Å². The molecule has 0 aliphatic carbocycles. The van der Waals surface area contributed by atoms with E-state index in [0.29, 0.717) is 10.6 Å². The quantitative estimate of drug-likeness (QED) is 0.768. The number of rotatable bonds is 4. The molecule has 0 fully saturated rings. The molecule has 1 rings (SSSR count). The summed E-state index contributed by atoms with van der Waals surface area (Å²) in [6.45, 7) is 2.52. The van der Waals surface area contributed by atoms with E-state index in [2.05, 4.69) is 5.32 Å². The van der Waals surface area contributed by atoms with Gasteiger partial charge >= 0.3 is 5.97 Å². The van der Waals surface area contributed by atoms with Crippen molar-refractivity contribution in [3.63, 3.8) is 0 Å². The minimum Gasteiger partial charge on any atom is -0.479 e. The second-order valence-corrected chi connectivity index (χ2v) is 4.72. The lowest BCUT2D eigenvalue weighted by molar-refractivity contribution is -0.155. The fraction of sp³-hybridized carbons (Fsp3) is 0.333. The van der Waals surface area contributed by atoms with Crippen LogP contribution in [0.1, 0.15) is 22.8 Å². The zero-order valence-electron chi connectivity index (χ0n) is 10.0. The number of nitrogens with one attached hydrogen (secondary N) is 1. The molecular weight excluding hydrogens is 258 g/mol. The molecule has 0 heterocycles. The van der Waals surface area contributed by atoms with Crippen molar-refractivity contribution in [2.75, 3.05) is 6.54 Å². The van der Waals surface area contributed by atoms with Crippen molar-refractivity contribution >= 4 is 23.5 Å². The van der Waals surface area contributed by atoms with Crippen LogP contribution in [-0.4, -0.2) is 34.2 Å². The third kappa shape index (κ3) is 3.72. The summed E-state index contributed by atoms with van der Waals surface area (Å²) in [5.74, 6) is -1.88. The van der Waals surface area contributed by atoms with Crippen LogP contribution >= 0.6 is 11.6 Å². The molecule has 0 aromatic heterocycles. The van der Waals surface area contributed by atoms with Gasteiger partial charge in [-0.25, -0.2) is 4.79 Å². The maximum atomic E-state index is 11.7. The van der Waals surface area contributed by atoms with Crippen LogP contribution in [0.2, 0.25) is 5.02 Å². The first-order chi connectivity index (χ1) is 8.22. The Hall–Kier alpha value is -1.59. The first kappa shape index (κ1) is 14.5. The SMILES string of the molecule is Cc1cc(Cl)cc(C(=O)NCC(C)(O)C(=O)O)c1. The highest BCUT2D eigenvalue weighted by Gasteiger charge is 2.30. The molecule has 1 aromatic carbocycles. The molecule has 0 saturated carbocycles. The van der Waals surface area contributed by atoms with Crippen LogP contribution in [0.25, 0.3) is 0 Å². The Morgan fingerprint density at radius 1 is 1.39 bits per heavy atom. The number of aryl methyl sites for hydroxylation is 1. The zero-order chi connectivity index (χ0) is 13.9. The van der Waals surface area contributed by atoms with Crippen LogP contribution in [0.5, 0.6) is 0 Å². The lowest BCUT2D eigenvalue weighted by atomic mass is 10.1. The topological polar surface area (TPSA) is 86.6 Å². The summed E-state index contributed by atoms with van der Waals surface area (Å²) in [5, 5.41) is 20.9. The smallest absolute Gasteiger partial charge is 0.337 e. The summed E-state index contributed by atoms with van der Waals surface area (Å²) in [4.78, 5) is 22.4. The van der Waals surface area contributed by atoms with Gasteiger partial charge in [-0.3, -0.25) is 4.79 Å². The molecule has 0 bridgehead atoms. The van der Waals surface area contributed by atoms with E-state index in [9.17, 15) is 14.7 Å². The highest BCUT2D eigenvalue weighted by atomic mass is 35.5. The van der Waals surface area contributed by atoms with Crippen molar-refractivity contribution in [3.05, 3.63) is 34.3 Å². The summed E-state index contributed by atoms with van der Waals surface area (Å²) >= 11 is 5.81. The number of hydrogen-bond donors (Lipinski definition) is 3. The molecule has 6 heteroatoms. The Morgan fingerprint density at radius 2 is 2.00 bits per heavy atom. The van der Waals surface area contributed by atoms with Gasteiger partial charge in [0.15, 0.2) is 5.60 Å². The molecule has 98 valence electrons. The van der Waals surface area contributed by atoms with Gasteiger partial charge in [0.1, 0.15) is 0 Å². The van der Waals surface area contributed by atoms with Crippen LogP contribution < -0.4 is 5.32 Å². The highest BCUT2D eigenvalue weighted by Crippen LogP contribution is 2.14. The van der Waals surface area contributed by atoms with Gasteiger partial charge in [-0.05, 0) is 37.6 Å². The third-order valence-electron chi connectivity index (χ3n) is 2.36. The van der Waals surface area contributed by atoms with Gasteiger partial charge in [-0.2, -0.15) is 0 Å². The molecule has 18 heavy (non-hydrogen) atoms. The van der Waals surface area contributed by atoms with E-state index in [1.807, 2.05) is 0 Å². The van der Waals surface area contributed by atoms with Gasteiger partial charge in [-0.15, -0.1) is 0 Å². The Bertz CT molecular complexity index is 465. The van der Waals surface area contributed by atoms with E-state index in [-0.39, 0.29) is 6.54 Å². The van der Waals surface area contributed by atoms with E-state index in [1.54, 1.807) is 19.1 Å². The molecule has 3 N–H and O–H groups in total. The van der Waals surface area contributed by atoms with E-state index in [4.69, 9.17) is 16.7 Å². The highest BCUT2D eigenvalue weighted by molar-refractivity contribution is 6.31. The molecular formula is C12H14ClNO4. The number of aliphatic hydroxyl groups is 1. The molecule has 1 atom stereocenters. The van der Waals surface area contributed by atoms with Gasteiger partial charge in [0.25, 0.3) is 5.91 Å². The first-order valence-electron chi connectivity index (χ1n) is 5.23. The van der Waals surface area contributed by atoms with Crippen molar-refractivity contribution in [1.29, 1.82) is 0 Å². The summed E-state index contributed by atoms with van der Waals surface area (Å²) in [6.07, 6.45) is 0. The molecule has 0 saturated heterocycles. The monoisotopic (exact) mass is 271 g/mol. The predicted octanol–water partition coefficient (Wildman–Crippen LogP) is 1.21. The average Bonchev–Trinajstić information content (AvgIpc) is 2.24. The molecule has 0 aliphatic rings. The number of carbonyl (C=O) groups excluding carboxylic acids is 1. The third-order valence-corrected chi connectivity index (χ3v) is 2.58. The summed E-state index contributed by atoms with van der Waals surface area (Å²) in [6, 6.07) is 4.79. The fourth-order valence-electron chi connectivity index (χ4n) is 1.30. The van der Waals surface area contributed by atoms with Gasteiger partial charge in [0.2, 0.25) is 0 Å². The van der Waals surface area contributed by atoms with Crippen molar-refractivity contribution in [1.82, 2.24) is 5.32 Å². The Balaban J connectivity index is 2.75. The molecule has 0 aliphatic heterocycles. The molecule has 1 unspecified atom stereocenters. The second kappa shape index (κ2) is 5.37. The Kier molecular flexibility index (Phi) is 4.32. The maximum Gasteiger partial charge on any atom is 0.337 e. The van der Waals surface area contributed by atoms with Gasteiger partial charge < -0.3 is 15.5 Å². The number of hydrogen-bond acceptors (Lipinski definition) is 3. The van der Waals surface area contributed by atoms with Crippen LogP contribution in [0.15, 0.2) is 18.2 Å². The summed E-state index contributed by atoms with van der Waals surface area (Å²) in [7, 11) is 0.